The summed E-state index contributed by atoms with van der Waals surface area (Å²) in [5.41, 5.74) is 0. The van der Waals surface area contributed by atoms with Gasteiger partial charge < -0.3 is 10.1 Å². The Morgan fingerprint density at radius 1 is 1.60 bits per heavy atom. The van der Waals surface area contributed by atoms with Crippen LogP contribution in [-0.4, -0.2) is 36.5 Å². The highest BCUT2D eigenvalue weighted by atomic mass is 32.2. The predicted molar refractivity (Wildman–Crippen MR) is 57.2 cm³/mol. The SMILES string of the molecule is CSCC[C@H](NC(C)=O)C(=O)OCC#N. The summed E-state index contributed by atoms with van der Waals surface area (Å²) in [5.74, 6) is -0.0946. The molecule has 6 heteroatoms. The number of carbonyl (C=O) groups excluding carboxylic acids is 2. The van der Waals surface area contributed by atoms with Gasteiger partial charge in [-0.1, -0.05) is 0 Å². The molecule has 1 N–H and O–H groups in total. The standard InChI is InChI=1S/C9H14N2O3S/c1-7(12)11-8(3-6-15-2)9(13)14-5-4-10/h8H,3,5-6H2,1-2H3,(H,11,12)/t8-/m0/s1. The lowest BCUT2D eigenvalue weighted by Gasteiger charge is -2.14. The molecule has 0 saturated carbocycles. The summed E-state index contributed by atoms with van der Waals surface area (Å²) in [4.78, 5) is 22.2. The Morgan fingerprint density at radius 2 is 2.27 bits per heavy atom. The van der Waals surface area contributed by atoms with E-state index in [1.165, 1.54) is 6.92 Å². The van der Waals surface area contributed by atoms with Crippen molar-refractivity contribution in [3.63, 3.8) is 0 Å². The summed E-state index contributed by atoms with van der Waals surface area (Å²) >= 11 is 1.57. The van der Waals surface area contributed by atoms with E-state index in [-0.39, 0.29) is 12.5 Å². The molecule has 15 heavy (non-hydrogen) atoms. The van der Waals surface area contributed by atoms with E-state index >= 15 is 0 Å². The summed E-state index contributed by atoms with van der Waals surface area (Å²) < 4.78 is 4.63. The van der Waals surface area contributed by atoms with Crippen LogP contribution in [0.15, 0.2) is 0 Å². The van der Waals surface area contributed by atoms with Gasteiger partial charge >= 0.3 is 5.97 Å². The van der Waals surface area contributed by atoms with Crippen molar-refractivity contribution in [2.75, 3.05) is 18.6 Å². The van der Waals surface area contributed by atoms with E-state index in [0.717, 1.165) is 5.75 Å². The molecule has 84 valence electrons. The molecule has 0 spiro atoms. The lowest BCUT2D eigenvalue weighted by Crippen LogP contribution is -2.41. The molecule has 0 rings (SSSR count). The van der Waals surface area contributed by atoms with E-state index in [9.17, 15) is 9.59 Å². The van der Waals surface area contributed by atoms with Crippen molar-refractivity contribution >= 4 is 23.6 Å². The lowest BCUT2D eigenvalue weighted by molar-refractivity contribution is -0.146. The fourth-order valence-electron chi connectivity index (χ4n) is 0.934. The number of hydrogen-bond acceptors (Lipinski definition) is 5. The third kappa shape index (κ3) is 6.80. The molecule has 0 fully saturated rings. The third-order valence-electron chi connectivity index (χ3n) is 1.55. The van der Waals surface area contributed by atoms with Gasteiger partial charge in [-0.2, -0.15) is 17.0 Å². The number of nitrogens with zero attached hydrogens (tertiary/aromatic N) is 1. The number of nitrogens with one attached hydrogen (secondary N) is 1. The maximum Gasteiger partial charge on any atom is 0.329 e. The van der Waals surface area contributed by atoms with Crippen LogP contribution in [0.3, 0.4) is 0 Å². The van der Waals surface area contributed by atoms with Crippen molar-refractivity contribution in [1.29, 1.82) is 5.26 Å². The number of thioether (sulfide) groups is 1. The molecule has 0 aromatic carbocycles. The second-order valence-electron chi connectivity index (χ2n) is 2.80. The average Bonchev–Trinajstić information content (AvgIpc) is 2.20. The van der Waals surface area contributed by atoms with Crippen LogP contribution < -0.4 is 5.32 Å². The number of carbonyl (C=O) groups is 2. The normalized spacial score (nSPS) is 11.3. The highest BCUT2D eigenvalue weighted by Gasteiger charge is 2.20. The number of hydrogen-bond donors (Lipinski definition) is 1. The third-order valence-corrected chi connectivity index (χ3v) is 2.20. The summed E-state index contributed by atoms with van der Waals surface area (Å²) in [6.45, 7) is 1.05. The van der Waals surface area contributed by atoms with Crippen molar-refractivity contribution in [2.45, 2.75) is 19.4 Å². The van der Waals surface area contributed by atoms with Crippen molar-refractivity contribution in [3.05, 3.63) is 0 Å². The summed E-state index contributed by atoms with van der Waals surface area (Å²) in [7, 11) is 0. The molecular formula is C9H14N2O3S. The fourth-order valence-corrected chi connectivity index (χ4v) is 1.41. The molecule has 1 amide bonds. The molecule has 0 radical (unpaired) electrons. The van der Waals surface area contributed by atoms with E-state index < -0.39 is 12.0 Å². The number of amides is 1. The molecule has 5 nitrogen and oxygen atoms in total. The van der Waals surface area contributed by atoms with Gasteiger partial charge in [-0.25, -0.2) is 4.79 Å². The van der Waals surface area contributed by atoms with Gasteiger partial charge in [0.2, 0.25) is 5.91 Å². The molecule has 0 aromatic rings. The van der Waals surface area contributed by atoms with Gasteiger partial charge in [-0.05, 0) is 18.4 Å². The maximum atomic E-state index is 11.3. The lowest BCUT2D eigenvalue weighted by atomic mass is 10.2. The molecule has 0 aliphatic carbocycles. The first-order valence-electron chi connectivity index (χ1n) is 4.41. The smallest absolute Gasteiger partial charge is 0.329 e. The molecule has 0 bridgehead atoms. The zero-order valence-electron chi connectivity index (χ0n) is 8.78. The van der Waals surface area contributed by atoms with Gasteiger partial charge in [0.05, 0.1) is 0 Å². The zero-order chi connectivity index (χ0) is 11.7. The van der Waals surface area contributed by atoms with E-state index in [2.05, 4.69) is 10.1 Å². The van der Waals surface area contributed by atoms with Crippen molar-refractivity contribution in [1.82, 2.24) is 5.32 Å². The van der Waals surface area contributed by atoms with Crippen LogP contribution in [0.4, 0.5) is 0 Å². The highest BCUT2D eigenvalue weighted by molar-refractivity contribution is 7.98. The Hall–Kier alpha value is -1.22. The largest absolute Gasteiger partial charge is 0.449 e. The molecular weight excluding hydrogens is 216 g/mol. The van der Waals surface area contributed by atoms with Crippen LogP contribution in [0.25, 0.3) is 0 Å². The summed E-state index contributed by atoms with van der Waals surface area (Å²) in [6, 6.07) is 1.05. The summed E-state index contributed by atoms with van der Waals surface area (Å²) in [5, 5.41) is 10.7. The Balaban J connectivity index is 4.14. The van der Waals surface area contributed by atoms with E-state index in [1.807, 2.05) is 6.26 Å². The number of ether oxygens (including phenoxy) is 1. The molecule has 0 heterocycles. The second kappa shape index (κ2) is 8.12. The molecule has 0 unspecified atom stereocenters. The minimum atomic E-state index is -0.650. The van der Waals surface area contributed by atoms with Crippen LogP contribution in [-0.2, 0) is 14.3 Å². The second-order valence-corrected chi connectivity index (χ2v) is 3.79. The first-order chi connectivity index (χ1) is 7.11. The average molecular weight is 230 g/mol. The molecule has 1 atom stereocenters. The van der Waals surface area contributed by atoms with Crippen molar-refractivity contribution < 1.29 is 14.3 Å². The minimum absolute atomic E-state index is 0.282. The number of nitriles is 1. The number of esters is 1. The van der Waals surface area contributed by atoms with E-state index in [1.54, 1.807) is 17.8 Å². The van der Waals surface area contributed by atoms with Gasteiger partial charge in [0.15, 0.2) is 6.61 Å². The Labute approximate surface area is 93.2 Å². The topological polar surface area (TPSA) is 79.2 Å². The molecule has 0 aliphatic rings. The highest BCUT2D eigenvalue weighted by Crippen LogP contribution is 2.02. The first kappa shape index (κ1) is 13.8. The fraction of sp³-hybridized carbons (Fsp3) is 0.667. The van der Waals surface area contributed by atoms with Gasteiger partial charge in [-0.15, -0.1) is 0 Å². The monoisotopic (exact) mass is 230 g/mol. The molecule has 0 saturated heterocycles. The van der Waals surface area contributed by atoms with Crippen molar-refractivity contribution in [2.24, 2.45) is 0 Å². The van der Waals surface area contributed by atoms with Gasteiger partial charge in [0, 0.05) is 6.92 Å². The van der Waals surface area contributed by atoms with Crippen molar-refractivity contribution in [3.8, 4) is 6.07 Å². The Morgan fingerprint density at radius 3 is 2.73 bits per heavy atom. The van der Waals surface area contributed by atoms with Crippen LogP contribution in [0.5, 0.6) is 0 Å². The number of rotatable bonds is 6. The Kier molecular flexibility index (Phi) is 7.46. The zero-order valence-corrected chi connectivity index (χ0v) is 9.60. The van der Waals surface area contributed by atoms with Crippen LogP contribution in [0.1, 0.15) is 13.3 Å². The van der Waals surface area contributed by atoms with E-state index in [4.69, 9.17) is 5.26 Å². The minimum Gasteiger partial charge on any atom is -0.449 e. The predicted octanol–water partition coefficient (Wildman–Crippen LogP) is 0.311. The van der Waals surface area contributed by atoms with E-state index in [0.29, 0.717) is 6.42 Å². The quantitative estimate of drug-likeness (QED) is 0.664. The Bertz CT molecular complexity index is 263. The van der Waals surface area contributed by atoms with Gasteiger partial charge in [0.1, 0.15) is 12.1 Å². The summed E-state index contributed by atoms with van der Waals surface area (Å²) in [6.07, 6.45) is 2.41. The maximum absolute atomic E-state index is 11.3. The molecule has 0 aliphatic heterocycles. The van der Waals surface area contributed by atoms with Crippen LogP contribution >= 0.6 is 11.8 Å². The van der Waals surface area contributed by atoms with Gasteiger partial charge in [0.25, 0.3) is 0 Å². The van der Waals surface area contributed by atoms with Crippen LogP contribution in [0, 0.1) is 11.3 Å². The van der Waals surface area contributed by atoms with Crippen LogP contribution in [0.2, 0.25) is 0 Å². The van der Waals surface area contributed by atoms with Gasteiger partial charge in [-0.3, -0.25) is 4.79 Å². The molecule has 0 aromatic heterocycles. The first-order valence-corrected chi connectivity index (χ1v) is 5.80.